The van der Waals surface area contributed by atoms with Crippen LogP contribution in [0.25, 0.3) is 11.2 Å². The first kappa shape index (κ1) is 28.4. The molecule has 4 N–H and O–H groups in total. The van der Waals surface area contributed by atoms with Crippen molar-refractivity contribution in [3.05, 3.63) is 51.7 Å². The van der Waals surface area contributed by atoms with Gasteiger partial charge in [-0.3, -0.25) is 18.4 Å². The number of rotatable bonds is 14. The molecule has 15 heteroatoms. The van der Waals surface area contributed by atoms with Crippen molar-refractivity contribution in [3.63, 3.8) is 0 Å². The third-order valence-electron chi connectivity index (χ3n) is 5.28. The van der Waals surface area contributed by atoms with Gasteiger partial charge < -0.3 is 30.0 Å². The Balaban J connectivity index is 1.53. The van der Waals surface area contributed by atoms with Gasteiger partial charge in [0.05, 0.1) is 26.4 Å². The summed E-state index contributed by atoms with van der Waals surface area (Å²) in [6.45, 7) is 1.73. The molecule has 3 aromatic rings. The monoisotopic (exact) mass is 538 g/mol. The Hall–Kier alpha value is -3.13. The molecule has 0 aliphatic heterocycles. The van der Waals surface area contributed by atoms with E-state index in [0.29, 0.717) is 28.4 Å². The van der Waals surface area contributed by atoms with Crippen molar-refractivity contribution >= 4 is 30.7 Å². The molecule has 3 rings (SSSR count). The third kappa shape index (κ3) is 7.68. The second-order valence-electron chi connectivity index (χ2n) is 7.95. The van der Waals surface area contributed by atoms with E-state index in [4.69, 9.17) is 18.5 Å². The number of methoxy groups -OCH3 is 2. The van der Waals surface area contributed by atoms with Crippen LogP contribution in [0.2, 0.25) is 0 Å². The molecule has 2 unspecified atom stereocenters. The Morgan fingerprint density at radius 3 is 2.57 bits per heavy atom. The summed E-state index contributed by atoms with van der Waals surface area (Å²) in [5.41, 5.74) is 1.82. The van der Waals surface area contributed by atoms with Crippen LogP contribution in [0.3, 0.4) is 0 Å². The predicted octanol–water partition coefficient (Wildman–Crippen LogP) is 1.04. The standard InChI is InChI=1S/C22H31N6O8P/c1-14-25-19(23-2)18-20(26-14)28(22(30)27-18)11-15-5-7-16(8-6-15)21(29)24-9-10-35-37(31,32)36-13-17(34-4)12-33-3/h5-8,17H,9-13H2,1-4H3,(H,24,29)(H,27,30)(H,31,32)(H,23,25,26). The van der Waals surface area contributed by atoms with Crippen molar-refractivity contribution in [1.29, 1.82) is 0 Å². The summed E-state index contributed by atoms with van der Waals surface area (Å²) < 4.78 is 33.1. The lowest BCUT2D eigenvalue weighted by Crippen LogP contribution is -2.27. The molecule has 0 saturated carbocycles. The Labute approximate surface area is 212 Å². The van der Waals surface area contributed by atoms with E-state index in [1.165, 1.54) is 18.8 Å². The van der Waals surface area contributed by atoms with Crippen molar-refractivity contribution in [2.75, 3.05) is 52.9 Å². The third-order valence-corrected chi connectivity index (χ3v) is 6.26. The Morgan fingerprint density at radius 2 is 1.92 bits per heavy atom. The number of anilines is 1. The highest BCUT2D eigenvalue weighted by Gasteiger charge is 2.23. The number of hydrogen-bond acceptors (Lipinski definition) is 10. The fraction of sp³-hybridized carbons (Fsp3) is 0.455. The molecule has 2 atom stereocenters. The number of aromatic amines is 1. The summed E-state index contributed by atoms with van der Waals surface area (Å²) >= 11 is 0. The van der Waals surface area contributed by atoms with E-state index < -0.39 is 19.8 Å². The van der Waals surface area contributed by atoms with Gasteiger partial charge in [0, 0.05) is 33.4 Å². The smallest absolute Gasteiger partial charge is 0.382 e. The van der Waals surface area contributed by atoms with Crippen molar-refractivity contribution in [1.82, 2.24) is 24.8 Å². The number of imidazole rings is 1. The van der Waals surface area contributed by atoms with Crippen LogP contribution in [0.5, 0.6) is 0 Å². The summed E-state index contributed by atoms with van der Waals surface area (Å²) in [5.74, 6) is 0.661. The Bertz CT molecular complexity index is 1310. The molecule has 0 fully saturated rings. The molecule has 0 bridgehead atoms. The van der Waals surface area contributed by atoms with Crippen LogP contribution in [0.1, 0.15) is 21.7 Å². The van der Waals surface area contributed by atoms with Crippen LogP contribution in [0.4, 0.5) is 5.82 Å². The van der Waals surface area contributed by atoms with E-state index >= 15 is 0 Å². The minimum absolute atomic E-state index is 0.0160. The second-order valence-corrected chi connectivity index (χ2v) is 9.40. The van der Waals surface area contributed by atoms with Gasteiger partial charge in [-0.05, 0) is 24.6 Å². The van der Waals surface area contributed by atoms with Crippen LogP contribution in [-0.2, 0) is 29.6 Å². The Morgan fingerprint density at radius 1 is 1.19 bits per heavy atom. The van der Waals surface area contributed by atoms with Gasteiger partial charge in [0.2, 0.25) is 0 Å². The lowest BCUT2D eigenvalue weighted by atomic mass is 10.1. The number of nitrogens with one attached hydrogen (secondary N) is 3. The first-order valence-electron chi connectivity index (χ1n) is 11.3. The highest BCUT2D eigenvalue weighted by molar-refractivity contribution is 7.47. The minimum Gasteiger partial charge on any atom is -0.382 e. The summed E-state index contributed by atoms with van der Waals surface area (Å²) in [6.07, 6.45) is -0.519. The first-order valence-corrected chi connectivity index (χ1v) is 12.8. The maximum atomic E-state index is 12.5. The topological polar surface area (TPSA) is 179 Å². The zero-order chi connectivity index (χ0) is 27.0. The van der Waals surface area contributed by atoms with Gasteiger partial charge >= 0.3 is 13.5 Å². The molecule has 0 spiro atoms. The minimum atomic E-state index is -4.31. The van der Waals surface area contributed by atoms with Crippen LogP contribution in [0.15, 0.2) is 29.1 Å². The van der Waals surface area contributed by atoms with E-state index in [2.05, 4.69) is 25.6 Å². The number of phosphoric acid groups is 1. The maximum absolute atomic E-state index is 12.5. The average Bonchev–Trinajstić information content (AvgIpc) is 3.18. The highest BCUT2D eigenvalue weighted by atomic mass is 31.2. The zero-order valence-corrected chi connectivity index (χ0v) is 21.9. The molecule has 0 saturated heterocycles. The number of fused-ring (bicyclic) bond motifs is 1. The van der Waals surface area contributed by atoms with Crippen molar-refractivity contribution in [2.45, 2.75) is 19.6 Å². The largest absolute Gasteiger partial charge is 0.472 e. The molecule has 37 heavy (non-hydrogen) atoms. The number of phosphoric ester groups is 1. The van der Waals surface area contributed by atoms with E-state index in [1.807, 2.05) is 0 Å². The quantitative estimate of drug-likeness (QED) is 0.170. The highest BCUT2D eigenvalue weighted by Crippen LogP contribution is 2.43. The number of carbonyl (C=O) groups is 1. The van der Waals surface area contributed by atoms with Gasteiger partial charge in [-0.15, -0.1) is 0 Å². The molecule has 202 valence electrons. The fourth-order valence-corrected chi connectivity index (χ4v) is 4.17. The van der Waals surface area contributed by atoms with Gasteiger partial charge in [0.1, 0.15) is 17.4 Å². The van der Waals surface area contributed by atoms with Crippen LogP contribution < -0.4 is 16.3 Å². The summed E-state index contributed by atoms with van der Waals surface area (Å²) in [4.78, 5) is 46.1. The average molecular weight is 538 g/mol. The number of benzene rings is 1. The van der Waals surface area contributed by atoms with E-state index in [-0.39, 0.29) is 38.6 Å². The Kier molecular flexibility index (Phi) is 9.92. The second kappa shape index (κ2) is 12.9. The molecule has 0 radical (unpaired) electrons. The number of hydrogen-bond donors (Lipinski definition) is 4. The van der Waals surface area contributed by atoms with E-state index in [1.54, 1.807) is 38.2 Å². The predicted molar refractivity (Wildman–Crippen MR) is 135 cm³/mol. The number of amides is 1. The summed E-state index contributed by atoms with van der Waals surface area (Å²) in [6, 6.07) is 6.69. The number of ether oxygens (including phenoxy) is 2. The molecule has 0 aliphatic rings. The molecular weight excluding hydrogens is 507 g/mol. The first-order chi connectivity index (χ1) is 17.7. The zero-order valence-electron chi connectivity index (χ0n) is 21.0. The van der Waals surface area contributed by atoms with Gasteiger partial charge in [-0.25, -0.2) is 19.3 Å². The lowest BCUT2D eigenvalue weighted by Gasteiger charge is -2.17. The lowest BCUT2D eigenvalue weighted by molar-refractivity contribution is -0.00794. The van der Waals surface area contributed by atoms with Crippen molar-refractivity contribution in [3.8, 4) is 0 Å². The number of aryl methyl sites for hydroxylation is 1. The fourth-order valence-electron chi connectivity index (χ4n) is 3.42. The number of carbonyl (C=O) groups excluding carboxylic acids is 1. The maximum Gasteiger partial charge on any atom is 0.472 e. The van der Waals surface area contributed by atoms with Crippen molar-refractivity contribution in [2.24, 2.45) is 0 Å². The van der Waals surface area contributed by atoms with Gasteiger partial charge in [0.15, 0.2) is 11.5 Å². The SMILES string of the molecule is CNc1nc(C)nc2c1[nH]c(=O)n2Cc1ccc(C(=O)NCCOP(=O)(O)OCC(COC)OC)cc1. The number of H-pyrrole nitrogens is 1. The molecule has 1 amide bonds. The molecule has 0 aliphatic carbocycles. The van der Waals surface area contributed by atoms with Crippen LogP contribution >= 0.6 is 7.82 Å². The van der Waals surface area contributed by atoms with Crippen LogP contribution in [-0.4, -0.2) is 84.1 Å². The van der Waals surface area contributed by atoms with E-state index in [9.17, 15) is 19.0 Å². The summed E-state index contributed by atoms with van der Waals surface area (Å²) in [5, 5.41) is 5.55. The normalized spacial score (nSPS) is 13.9. The van der Waals surface area contributed by atoms with Gasteiger partial charge in [0.25, 0.3) is 5.91 Å². The van der Waals surface area contributed by atoms with Crippen molar-refractivity contribution < 1.29 is 32.8 Å². The molecule has 14 nitrogen and oxygen atoms in total. The molecule has 2 heterocycles. The molecule has 2 aromatic heterocycles. The molecule has 1 aromatic carbocycles. The summed E-state index contributed by atoms with van der Waals surface area (Å²) in [7, 11) is 0.299. The van der Waals surface area contributed by atoms with E-state index in [0.717, 1.165) is 5.56 Å². The van der Waals surface area contributed by atoms with Gasteiger partial charge in [-0.1, -0.05) is 12.1 Å². The number of aromatic nitrogens is 4. The molecular formula is C22H31N6O8P. The van der Waals surface area contributed by atoms with Gasteiger partial charge in [-0.2, -0.15) is 0 Å². The van der Waals surface area contributed by atoms with Crippen LogP contribution in [0, 0.1) is 6.92 Å². The number of nitrogens with zero attached hydrogens (tertiary/aromatic N) is 3.